The number of methoxy groups -OCH3 is 2. The SMILES string of the molecule is CCc1cc(-c2cc(F)c3c(c2)OC(c2cnc(-c4ccc(F)cc4)s2)n2c-3cc3cc(-c4cnc(C5CCCN5C(=O)C(NC(=O)OC)C(C)C)[nH]4)ccc32)[nH]c1C1CCCN1C(=O)C(NC(=O)OC)C(C)C. The average molecular weight is 1030 g/mol. The predicted molar refractivity (Wildman–Crippen MR) is 276 cm³/mol. The number of hydrogen-bond donors (Lipinski definition) is 4. The van der Waals surface area contributed by atoms with E-state index in [4.69, 9.17) is 24.2 Å². The molecule has 7 heterocycles. The molecule has 10 rings (SSSR count). The number of likely N-dealkylation sites (tertiary alicyclic amines) is 2. The third-order valence-electron chi connectivity index (χ3n) is 14.5. The number of ether oxygens (including phenoxy) is 3. The maximum absolute atomic E-state index is 17.2. The minimum Gasteiger partial charge on any atom is -0.464 e. The second kappa shape index (κ2) is 20.4. The first-order valence-electron chi connectivity index (χ1n) is 25.1. The van der Waals surface area contributed by atoms with Gasteiger partial charge in [0.1, 0.15) is 40.3 Å². The summed E-state index contributed by atoms with van der Waals surface area (Å²) in [6.07, 6.45) is 5.00. The average Bonchev–Trinajstić information content (AvgIpc) is 4.26. The molecule has 0 aliphatic carbocycles. The number of imidazole rings is 1. The number of rotatable bonds is 13. The molecule has 4 amide bonds. The van der Waals surface area contributed by atoms with Gasteiger partial charge < -0.3 is 44.6 Å². The Morgan fingerprint density at radius 2 is 1.42 bits per heavy atom. The molecule has 386 valence electrons. The summed E-state index contributed by atoms with van der Waals surface area (Å²) in [4.78, 5) is 73.3. The van der Waals surface area contributed by atoms with Crippen molar-refractivity contribution in [2.75, 3.05) is 27.3 Å². The molecule has 0 bridgehead atoms. The zero-order valence-corrected chi connectivity index (χ0v) is 43.1. The van der Waals surface area contributed by atoms with E-state index < -0.39 is 36.3 Å². The highest BCUT2D eigenvalue weighted by Crippen LogP contribution is 2.49. The first-order chi connectivity index (χ1) is 35.6. The van der Waals surface area contributed by atoms with Crippen LogP contribution in [-0.2, 0) is 25.5 Å². The van der Waals surface area contributed by atoms with Gasteiger partial charge in [0.2, 0.25) is 18.0 Å². The van der Waals surface area contributed by atoms with Crippen molar-refractivity contribution in [3.63, 3.8) is 0 Å². The Hall–Kier alpha value is -7.54. The zero-order valence-electron chi connectivity index (χ0n) is 42.3. The highest BCUT2D eigenvalue weighted by Gasteiger charge is 2.40. The Morgan fingerprint density at radius 3 is 2.07 bits per heavy atom. The summed E-state index contributed by atoms with van der Waals surface area (Å²) in [5, 5.41) is 6.90. The molecule has 0 radical (unpaired) electrons. The van der Waals surface area contributed by atoms with Crippen molar-refractivity contribution in [2.45, 2.75) is 97.1 Å². The Balaban J connectivity index is 1.01. The summed E-state index contributed by atoms with van der Waals surface area (Å²) < 4.78 is 49.8. The van der Waals surface area contributed by atoms with E-state index in [0.29, 0.717) is 65.9 Å². The Kier molecular flexibility index (Phi) is 13.8. The fraction of sp³-hybridized carbons (Fsp3) is 0.382. The molecule has 5 atom stereocenters. The van der Waals surface area contributed by atoms with Gasteiger partial charge in [0, 0.05) is 52.8 Å². The number of hydrogen-bond acceptors (Lipinski definition) is 10. The van der Waals surface area contributed by atoms with Gasteiger partial charge in [0.25, 0.3) is 0 Å². The number of carbonyl (C=O) groups is 4. The van der Waals surface area contributed by atoms with Crippen molar-refractivity contribution in [1.29, 1.82) is 0 Å². The van der Waals surface area contributed by atoms with E-state index in [0.717, 1.165) is 56.7 Å². The fourth-order valence-corrected chi connectivity index (χ4v) is 11.7. The molecule has 3 aliphatic rings. The smallest absolute Gasteiger partial charge is 0.407 e. The molecule has 3 aliphatic heterocycles. The quantitative estimate of drug-likeness (QED) is 0.0871. The van der Waals surface area contributed by atoms with Crippen LogP contribution in [0.4, 0.5) is 18.4 Å². The molecule has 0 spiro atoms. The lowest BCUT2D eigenvalue weighted by molar-refractivity contribution is -0.136. The molecular formula is C55H59F2N9O7S. The van der Waals surface area contributed by atoms with Crippen molar-refractivity contribution in [1.82, 2.24) is 44.9 Å². The summed E-state index contributed by atoms with van der Waals surface area (Å²) >= 11 is 1.40. The van der Waals surface area contributed by atoms with E-state index in [9.17, 15) is 23.6 Å². The lowest BCUT2D eigenvalue weighted by atomic mass is 10.0. The molecule has 19 heteroatoms. The molecule has 2 fully saturated rings. The molecule has 5 unspecified atom stereocenters. The van der Waals surface area contributed by atoms with Gasteiger partial charge in [-0.25, -0.2) is 28.3 Å². The first kappa shape index (κ1) is 50.0. The van der Waals surface area contributed by atoms with Crippen molar-refractivity contribution in [3.8, 4) is 50.1 Å². The molecule has 0 saturated carbocycles. The van der Waals surface area contributed by atoms with Crippen LogP contribution < -0.4 is 15.4 Å². The van der Waals surface area contributed by atoms with E-state index in [-0.39, 0.29) is 47.1 Å². The molecule has 4 N–H and O–H groups in total. The molecule has 2 saturated heterocycles. The number of alkyl carbamates (subject to hydrolysis) is 2. The lowest BCUT2D eigenvalue weighted by Crippen LogP contribution is -2.51. The van der Waals surface area contributed by atoms with Crippen molar-refractivity contribution in [2.24, 2.45) is 11.8 Å². The topological polar surface area (TPSA) is 189 Å². The predicted octanol–water partition coefficient (Wildman–Crippen LogP) is 10.7. The standard InChI is InChI=1S/C55H59F2N9O7S/c1-8-30-23-37(60-48(30)40-11-9-19-64(40)51(67)46(28(2)3)62-54(69)71-6)33-22-36(57)45-42-24-34-21-32(38-26-58-49(61-38)41-12-10-20-65(41)52(68)47(29(4)5)63-55(70)72-7)15-18-39(34)66(42)53(73-43(45)25-33)44-27-59-50(74-44)31-13-16-35(56)17-14-31/h13-18,21-29,40-41,46-47,53,60H,8-12,19-20H2,1-7H3,(H,58,61)(H,62,69)(H,63,70). The summed E-state index contributed by atoms with van der Waals surface area (Å²) in [7, 11) is 2.54. The van der Waals surface area contributed by atoms with Crippen LogP contribution in [0.25, 0.3) is 55.2 Å². The summed E-state index contributed by atoms with van der Waals surface area (Å²) in [6.45, 7) is 10.6. The van der Waals surface area contributed by atoms with E-state index >= 15 is 4.39 Å². The van der Waals surface area contributed by atoms with E-state index in [2.05, 4.69) is 20.6 Å². The lowest BCUT2D eigenvalue weighted by Gasteiger charge is -2.31. The van der Waals surface area contributed by atoms with Gasteiger partial charge in [0.05, 0.1) is 59.8 Å². The second-order valence-electron chi connectivity index (χ2n) is 19.8. The molecule has 16 nitrogen and oxygen atoms in total. The number of nitrogens with zero attached hydrogens (tertiary/aromatic N) is 5. The van der Waals surface area contributed by atoms with Crippen LogP contribution in [0.3, 0.4) is 0 Å². The monoisotopic (exact) mass is 1030 g/mol. The number of halogens is 2. The maximum atomic E-state index is 17.2. The number of carbonyl (C=O) groups excluding carboxylic acids is 4. The van der Waals surface area contributed by atoms with Crippen LogP contribution >= 0.6 is 11.3 Å². The van der Waals surface area contributed by atoms with Gasteiger partial charge in [-0.15, -0.1) is 11.3 Å². The number of thiazole rings is 1. The Labute approximate surface area is 430 Å². The third-order valence-corrected chi connectivity index (χ3v) is 15.6. The van der Waals surface area contributed by atoms with Crippen LogP contribution in [0.1, 0.15) is 101 Å². The summed E-state index contributed by atoms with van der Waals surface area (Å²) in [5.41, 5.74) is 7.04. The van der Waals surface area contributed by atoms with Crippen LogP contribution in [0.15, 0.2) is 79.1 Å². The first-order valence-corrected chi connectivity index (χ1v) is 25.9. The molecule has 4 aromatic heterocycles. The van der Waals surface area contributed by atoms with Crippen molar-refractivity contribution >= 4 is 46.2 Å². The maximum Gasteiger partial charge on any atom is 0.407 e. The van der Waals surface area contributed by atoms with Gasteiger partial charge in [-0.05, 0) is 110 Å². The number of aromatic amines is 2. The van der Waals surface area contributed by atoms with Crippen LogP contribution in [0, 0.1) is 23.5 Å². The van der Waals surface area contributed by atoms with Crippen LogP contribution in [0.5, 0.6) is 5.75 Å². The highest BCUT2D eigenvalue weighted by molar-refractivity contribution is 7.15. The van der Waals surface area contributed by atoms with Gasteiger partial charge in [-0.3, -0.25) is 14.2 Å². The Bertz CT molecular complexity index is 3270. The van der Waals surface area contributed by atoms with E-state index in [1.807, 2.05) is 80.5 Å². The highest BCUT2D eigenvalue weighted by atomic mass is 32.1. The summed E-state index contributed by atoms with van der Waals surface area (Å²) in [6, 6.07) is 17.3. The minimum atomic E-state index is -0.775. The van der Waals surface area contributed by atoms with Gasteiger partial charge in [-0.2, -0.15) is 0 Å². The second-order valence-corrected chi connectivity index (χ2v) is 20.9. The molecule has 74 heavy (non-hydrogen) atoms. The molecule has 7 aromatic rings. The van der Waals surface area contributed by atoms with Crippen LogP contribution in [-0.4, -0.2) is 97.7 Å². The van der Waals surface area contributed by atoms with Gasteiger partial charge in [0.15, 0.2) is 0 Å². The molecule has 3 aromatic carbocycles. The number of benzene rings is 3. The number of fused-ring (bicyclic) bond motifs is 5. The number of H-pyrrole nitrogens is 2. The number of nitrogens with one attached hydrogen (secondary N) is 4. The van der Waals surface area contributed by atoms with Gasteiger partial charge >= 0.3 is 12.2 Å². The Morgan fingerprint density at radius 1 is 0.770 bits per heavy atom. The third kappa shape index (κ3) is 9.26. The number of aryl methyl sites for hydroxylation is 1. The van der Waals surface area contributed by atoms with Crippen LogP contribution in [0.2, 0.25) is 0 Å². The molecular weight excluding hydrogens is 969 g/mol. The fourth-order valence-electron chi connectivity index (χ4n) is 10.7. The van der Waals surface area contributed by atoms with Crippen molar-refractivity contribution < 1.29 is 42.2 Å². The normalized spacial score (nSPS) is 18.1. The van der Waals surface area contributed by atoms with Gasteiger partial charge in [-0.1, -0.05) is 40.7 Å². The summed E-state index contributed by atoms with van der Waals surface area (Å²) in [5.74, 6) is -0.637. The van der Waals surface area contributed by atoms with Crippen molar-refractivity contribution in [3.05, 3.63) is 113 Å². The largest absolute Gasteiger partial charge is 0.464 e. The number of amides is 4. The zero-order chi connectivity index (χ0) is 52.1. The number of aromatic nitrogens is 5. The van der Waals surface area contributed by atoms with E-state index in [1.165, 1.54) is 43.8 Å². The van der Waals surface area contributed by atoms with E-state index in [1.54, 1.807) is 29.4 Å². The minimum absolute atomic E-state index is 0.173.